The molecule has 0 atom stereocenters. The van der Waals surface area contributed by atoms with Crippen molar-refractivity contribution in [2.45, 2.75) is 25.9 Å². The van der Waals surface area contributed by atoms with Gasteiger partial charge in [-0.2, -0.15) is 0 Å². The molecule has 0 aromatic carbocycles. The van der Waals surface area contributed by atoms with E-state index in [0.717, 1.165) is 31.4 Å². The van der Waals surface area contributed by atoms with E-state index in [9.17, 15) is 0 Å². The molecular weight excluding hydrogens is 220 g/mol. The molecule has 1 heterocycles. The lowest BCUT2D eigenvalue weighted by Gasteiger charge is -2.03. The number of hydrogen-bond acceptors (Lipinski definition) is 5. The zero-order valence-electron chi connectivity index (χ0n) is 10.0. The van der Waals surface area contributed by atoms with Gasteiger partial charge in [-0.15, -0.1) is 5.10 Å². The van der Waals surface area contributed by atoms with E-state index in [1.165, 1.54) is 12.8 Å². The molecule has 0 unspecified atom stereocenters. The van der Waals surface area contributed by atoms with Crippen LogP contribution in [0.25, 0.3) is 0 Å². The number of nitrogens with zero attached hydrogens (tertiary/aromatic N) is 3. The van der Waals surface area contributed by atoms with Gasteiger partial charge in [0.25, 0.3) is 0 Å². The van der Waals surface area contributed by atoms with E-state index in [1.807, 2.05) is 6.20 Å². The van der Waals surface area contributed by atoms with E-state index in [0.29, 0.717) is 13.1 Å². The van der Waals surface area contributed by atoms with Gasteiger partial charge in [-0.25, -0.2) is 4.68 Å². The average molecular weight is 240 g/mol. The van der Waals surface area contributed by atoms with Crippen LogP contribution < -0.4 is 5.32 Å². The molecule has 0 aliphatic heterocycles. The zero-order valence-corrected chi connectivity index (χ0v) is 10.0. The number of aromatic nitrogens is 3. The largest absolute Gasteiger partial charge is 0.394 e. The van der Waals surface area contributed by atoms with Crippen molar-refractivity contribution in [3.63, 3.8) is 0 Å². The lowest BCUT2D eigenvalue weighted by molar-refractivity contribution is 0.126. The fourth-order valence-corrected chi connectivity index (χ4v) is 1.53. The highest BCUT2D eigenvalue weighted by atomic mass is 16.5. The van der Waals surface area contributed by atoms with Gasteiger partial charge in [-0.05, 0) is 18.8 Å². The number of aliphatic hydroxyl groups excluding tert-OH is 1. The van der Waals surface area contributed by atoms with E-state index in [4.69, 9.17) is 9.84 Å². The minimum Gasteiger partial charge on any atom is -0.394 e. The summed E-state index contributed by atoms with van der Waals surface area (Å²) in [4.78, 5) is 0. The predicted octanol–water partition coefficient (Wildman–Crippen LogP) is -0.213. The van der Waals surface area contributed by atoms with Crippen LogP contribution in [0.4, 0.5) is 0 Å². The Bertz CT molecular complexity index is 325. The molecular formula is C11H20N4O2. The zero-order chi connectivity index (χ0) is 11.9. The van der Waals surface area contributed by atoms with Crippen molar-refractivity contribution >= 4 is 0 Å². The third-order valence-corrected chi connectivity index (χ3v) is 2.69. The second kappa shape index (κ2) is 6.68. The molecule has 0 spiro atoms. The van der Waals surface area contributed by atoms with Gasteiger partial charge in [0.15, 0.2) is 0 Å². The number of aliphatic hydroxyl groups is 1. The van der Waals surface area contributed by atoms with Crippen molar-refractivity contribution < 1.29 is 9.84 Å². The summed E-state index contributed by atoms with van der Waals surface area (Å²) in [6.45, 7) is 3.77. The molecule has 6 heteroatoms. The summed E-state index contributed by atoms with van der Waals surface area (Å²) in [5.41, 5.74) is 0.889. The lowest BCUT2D eigenvalue weighted by atomic mass is 10.4. The first-order valence-electron chi connectivity index (χ1n) is 6.17. The Kier molecular flexibility index (Phi) is 4.90. The van der Waals surface area contributed by atoms with E-state index in [1.54, 1.807) is 4.68 Å². The van der Waals surface area contributed by atoms with Crippen LogP contribution in [-0.2, 0) is 17.8 Å². The van der Waals surface area contributed by atoms with E-state index < -0.39 is 0 Å². The fraction of sp³-hybridized carbons (Fsp3) is 0.818. The number of nitrogens with one attached hydrogen (secondary N) is 1. The molecule has 0 amide bonds. The minimum absolute atomic E-state index is 0.0885. The molecule has 1 saturated carbocycles. The van der Waals surface area contributed by atoms with Gasteiger partial charge in [-0.3, -0.25) is 0 Å². The molecule has 1 aromatic rings. The maximum atomic E-state index is 8.73. The normalized spacial score (nSPS) is 15.4. The summed E-state index contributed by atoms with van der Waals surface area (Å²) in [6, 6.07) is 0. The van der Waals surface area contributed by atoms with Crippen LogP contribution in [0, 0.1) is 5.92 Å². The first-order valence-corrected chi connectivity index (χ1v) is 6.17. The summed E-state index contributed by atoms with van der Waals surface area (Å²) >= 11 is 0. The smallest absolute Gasteiger partial charge is 0.0964 e. The lowest BCUT2D eigenvalue weighted by Crippen LogP contribution is -2.20. The fourth-order valence-electron chi connectivity index (χ4n) is 1.53. The molecule has 96 valence electrons. The molecule has 1 fully saturated rings. The Morgan fingerprint density at radius 3 is 3.18 bits per heavy atom. The summed E-state index contributed by atoms with van der Waals surface area (Å²) in [7, 11) is 0. The average Bonchev–Trinajstić information content (AvgIpc) is 3.05. The highest BCUT2D eigenvalue weighted by Gasteiger charge is 2.20. The van der Waals surface area contributed by atoms with Gasteiger partial charge >= 0.3 is 0 Å². The SMILES string of the molecule is OCCn1cc(CNCCOCC2CC2)nn1. The maximum absolute atomic E-state index is 8.73. The molecule has 2 rings (SSSR count). The second-order valence-corrected chi connectivity index (χ2v) is 4.39. The first-order chi connectivity index (χ1) is 8.38. The number of rotatable bonds is 9. The molecule has 6 nitrogen and oxygen atoms in total. The third kappa shape index (κ3) is 4.80. The van der Waals surface area contributed by atoms with Crippen molar-refractivity contribution in [3.05, 3.63) is 11.9 Å². The van der Waals surface area contributed by atoms with Crippen molar-refractivity contribution in [1.82, 2.24) is 20.3 Å². The molecule has 0 radical (unpaired) electrons. The maximum Gasteiger partial charge on any atom is 0.0964 e. The summed E-state index contributed by atoms with van der Waals surface area (Å²) in [5.74, 6) is 0.827. The van der Waals surface area contributed by atoms with Crippen LogP contribution >= 0.6 is 0 Å². The topological polar surface area (TPSA) is 72.2 Å². The molecule has 0 bridgehead atoms. The van der Waals surface area contributed by atoms with E-state index >= 15 is 0 Å². The van der Waals surface area contributed by atoms with Crippen molar-refractivity contribution in [2.24, 2.45) is 5.92 Å². The van der Waals surface area contributed by atoms with Crippen LogP contribution in [0.1, 0.15) is 18.5 Å². The first kappa shape index (κ1) is 12.5. The minimum atomic E-state index is 0.0885. The van der Waals surface area contributed by atoms with Crippen molar-refractivity contribution in [3.8, 4) is 0 Å². The van der Waals surface area contributed by atoms with Crippen molar-refractivity contribution in [1.29, 1.82) is 0 Å². The molecule has 2 N–H and O–H groups in total. The van der Waals surface area contributed by atoms with Crippen LogP contribution in [-0.4, -0.2) is 46.5 Å². The molecule has 1 aliphatic carbocycles. The van der Waals surface area contributed by atoms with Crippen LogP contribution in [0.2, 0.25) is 0 Å². The van der Waals surface area contributed by atoms with Crippen LogP contribution in [0.3, 0.4) is 0 Å². The highest BCUT2D eigenvalue weighted by Crippen LogP contribution is 2.28. The molecule has 17 heavy (non-hydrogen) atoms. The quantitative estimate of drug-likeness (QED) is 0.584. The summed E-state index contributed by atoms with van der Waals surface area (Å²) in [5, 5.41) is 19.9. The standard InChI is InChI=1S/C11H20N4O2/c16-5-4-15-8-11(13-14-15)7-12-3-6-17-9-10-1-2-10/h8,10,12,16H,1-7,9H2. The van der Waals surface area contributed by atoms with Gasteiger partial charge in [0.05, 0.1) is 25.5 Å². The Labute approximate surface area is 101 Å². The Morgan fingerprint density at radius 1 is 1.53 bits per heavy atom. The second-order valence-electron chi connectivity index (χ2n) is 4.39. The van der Waals surface area contributed by atoms with Gasteiger partial charge in [0.1, 0.15) is 0 Å². The summed E-state index contributed by atoms with van der Waals surface area (Å²) < 4.78 is 7.14. The van der Waals surface area contributed by atoms with Gasteiger partial charge < -0.3 is 15.2 Å². The van der Waals surface area contributed by atoms with Crippen LogP contribution in [0.5, 0.6) is 0 Å². The Hall–Kier alpha value is -0.980. The van der Waals surface area contributed by atoms with E-state index in [-0.39, 0.29) is 6.61 Å². The Morgan fingerprint density at radius 2 is 2.41 bits per heavy atom. The van der Waals surface area contributed by atoms with Gasteiger partial charge in [0.2, 0.25) is 0 Å². The van der Waals surface area contributed by atoms with Gasteiger partial charge in [-0.1, -0.05) is 5.21 Å². The van der Waals surface area contributed by atoms with Gasteiger partial charge in [0, 0.05) is 25.9 Å². The van der Waals surface area contributed by atoms with E-state index in [2.05, 4.69) is 15.6 Å². The molecule has 0 saturated heterocycles. The number of ether oxygens (including phenoxy) is 1. The monoisotopic (exact) mass is 240 g/mol. The Balaban J connectivity index is 1.50. The summed E-state index contributed by atoms with van der Waals surface area (Å²) in [6.07, 6.45) is 4.51. The molecule has 1 aliphatic rings. The third-order valence-electron chi connectivity index (χ3n) is 2.69. The highest BCUT2D eigenvalue weighted by molar-refractivity contribution is 4.91. The van der Waals surface area contributed by atoms with Crippen molar-refractivity contribution in [2.75, 3.05) is 26.4 Å². The molecule has 1 aromatic heterocycles. The number of hydrogen-bond donors (Lipinski definition) is 2. The van der Waals surface area contributed by atoms with Crippen LogP contribution in [0.15, 0.2) is 6.20 Å². The predicted molar refractivity (Wildman–Crippen MR) is 62.4 cm³/mol.